The summed E-state index contributed by atoms with van der Waals surface area (Å²) < 4.78 is 14.0. The summed E-state index contributed by atoms with van der Waals surface area (Å²) in [5, 5.41) is 16.1. The number of rotatable bonds is 12. The molecule has 0 radical (unpaired) electrons. The van der Waals surface area contributed by atoms with E-state index in [0.717, 1.165) is 33.8 Å². The second-order valence-electron chi connectivity index (χ2n) is 10.7. The van der Waals surface area contributed by atoms with E-state index in [4.69, 9.17) is 9.47 Å². The van der Waals surface area contributed by atoms with E-state index >= 15 is 0 Å². The molecule has 0 atom stereocenters. The van der Waals surface area contributed by atoms with Crippen LogP contribution in [-0.4, -0.2) is 44.3 Å². The first kappa shape index (κ1) is 27.9. The van der Waals surface area contributed by atoms with Crippen molar-refractivity contribution < 1.29 is 19.4 Å². The minimum Gasteiger partial charge on any atom is -0.493 e. The number of aromatic nitrogens is 3. The number of aliphatic hydroxyl groups is 1. The van der Waals surface area contributed by atoms with Gasteiger partial charge in [0.25, 0.3) is 0 Å². The lowest BCUT2D eigenvalue weighted by molar-refractivity contribution is -0.124. The number of nitrogens with one attached hydrogen (secondary N) is 2. The molecule has 206 valence electrons. The fourth-order valence-corrected chi connectivity index (χ4v) is 4.08. The van der Waals surface area contributed by atoms with Crippen molar-refractivity contribution in [2.24, 2.45) is 5.92 Å². The van der Waals surface area contributed by atoms with E-state index in [1.54, 1.807) is 13.8 Å². The van der Waals surface area contributed by atoms with Gasteiger partial charge in [0.15, 0.2) is 5.82 Å². The molecule has 9 nitrogen and oxygen atoms in total. The van der Waals surface area contributed by atoms with Gasteiger partial charge in [0.05, 0.1) is 24.1 Å². The van der Waals surface area contributed by atoms with Crippen LogP contribution in [0.4, 0.5) is 11.5 Å². The van der Waals surface area contributed by atoms with Crippen LogP contribution in [0.5, 0.6) is 17.2 Å². The highest BCUT2D eigenvalue weighted by molar-refractivity contribution is 5.88. The molecule has 0 fully saturated rings. The maximum Gasteiger partial charge on any atom is 0.222 e. The lowest BCUT2D eigenvalue weighted by Gasteiger charge is -2.16. The van der Waals surface area contributed by atoms with Crippen molar-refractivity contribution in [2.75, 3.05) is 18.5 Å². The number of benzene rings is 2. The lowest BCUT2D eigenvalue weighted by atomic mass is 10.1. The van der Waals surface area contributed by atoms with Crippen LogP contribution in [0.25, 0.3) is 11.0 Å². The van der Waals surface area contributed by atoms with Gasteiger partial charge in [-0.2, -0.15) is 0 Å². The number of carbonyl (C=O) groups is 1. The molecule has 39 heavy (non-hydrogen) atoms. The Morgan fingerprint density at radius 3 is 2.64 bits per heavy atom. The zero-order valence-corrected chi connectivity index (χ0v) is 23.2. The van der Waals surface area contributed by atoms with Crippen molar-refractivity contribution in [1.29, 1.82) is 0 Å². The quantitative estimate of drug-likeness (QED) is 0.219. The maximum atomic E-state index is 12.1. The molecule has 2 aromatic carbocycles. The molecule has 2 aromatic heterocycles. The number of nitrogens with zero attached hydrogens (tertiary/aromatic N) is 3. The molecule has 2 heterocycles. The molecule has 0 spiro atoms. The predicted octanol–water partition coefficient (Wildman–Crippen LogP) is 5.59. The Bertz CT molecular complexity index is 1420. The van der Waals surface area contributed by atoms with E-state index in [0.29, 0.717) is 37.2 Å². The maximum absolute atomic E-state index is 12.1. The van der Waals surface area contributed by atoms with Gasteiger partial charge in [-0.05, 0) is 68.7 Å². The second kappa shape index (κ2) is 12.2. The van der Waals surface area contributed by atoms with Gasteiger partial charge in [-0.3, -0.25) is 4.79 Å². The molecule has 0 unspecified atom stereocenters. The normalized spacial score (nSPS) is 11.6. The SMILES string of the molecule is Cc1cc(Nc2ncnc3ccn(CCNC(=O)CC(C)(C)O)c23)ccc1Oc1cccc(OCC(C)C)c1. The molecule has 0 aliphatic heterocycles. The van der Waals surface area contributed by atoms with Gasteiger partial charge in [-0.1, -0.05) is 19.9 Å². The minimum absolute atomic E-state index is 0.0474. The summed E-state index contributed by atoms with van der Waals surface area (Å²) in [5.74, 6) is 3.16. The van der Waals surface area contributed by atoms with Crippen LogP contribution in [-0.2, 0) is 11.3 Å². The number of hydrogen-bond acceptors (Lipinski definition) is 7. The van der Waals surface area contributed by atoms with E-state index in [9.17, 15) is 9.90 Å². The van der Waals surface area contributed by atoms with Crippen molar-refractivity contribution in [1.82, 2.24) is 19.9 Å². The molecule has 0 saturated heterocycles. The Hall–Kier alpha value is -4.11. The van der Waals surface area contributed by atoms with Crippen molar-refractivity contribution >= 4 is 28.4 Å². The van der Waals surface area contributed by atoms with Gasteiger partial charge in [0, 0.05) is 31.0 Å². The van der Waals surface area contributed by atoms with E-state index in [-0.39, 0.29) is 12.3 Å². The van der Waals surface area contributed by atoms with Gasteiger partial charge in [0.2, 0.25) is 5.91 Å². The van der Waals surface area contributed by atoms with E-state index in [1.165, 1.54) is 6.33 Å². The molecule has 0 saturated carbocycles. The summed E-state index contributed by atoms with van der Waals surface area (Å²) in [6.07, 6.45) is 3.50. The van der Waals surface area contributed by atoms with Crippen molar-refractivity contribution in [3.8, 4) is 17.2 Å². The monoisotopic (exact) mass is 531 g/mol. The van der Waals surface area contributed by atoms with Crippen LogP contribution >= 0.6 is 0 Å². The molecule has 0 aliphatic carbocycles. The minimum atomic E-state index is -1.04. The standard InChI is InChI=1S/C30H37N5O4/c1-20(2)18-38-23-7-6-8-24(16-23)39-26-10-9-22(15-21(26)3)34-29-28-25(32-19-33-29)11-13-35(28)14-12-31-27(36)17-30(4,5)37/h6-11,13,15-16,19-20,37H,12,14,17-18H2,1-5H3,(H,31,36)(H,32,33,34). The van der Waals surface area contributed by atoms with Gasteiger partial charge in [-0.25, -0.2) is 9.97 Å². The van der Waals surface area contributed by atoms with Crippen LogP contribution in [0.2, 0.25) is 0 Å². The molecule has 0 aliphatic rings. The van der Waals surface area contributed by atoms with Crippen molar-refractivity contribution in [3.63, 3.8) is 0 Å². The van der Waals surface area contributed by atoms with Crippen LogP contribution in [0.3, 0.4) is 0 Å². The summed E-state index contributed by atoms with van der Waals surface area (Å²) in [4.78, 5) is 20.9. The molecule has 4 rings (SSSR count). The third-order valence-corrected chi connectivity index (χ3v) is 5.87. The number of hydrogen-bond donors (Lipinski definition) is 3. The number of anilines is 2. The lowest BCUT2D eigenvalue weighted by Crippen LogP contribution is -2.33. The number of carbonyl (C=O) groups excluding carboxylic acids is 1. The van der Waals surface area contributed by atoms with E-state index < -0.39 is 5.60 Å². The van der Waals surface area contributed by atoms with Crippen LogP contribution < -0.4 is 20.1 Å². The summed E-state index contributed by atoms with van der Waals surface area (Å²) in [6, 6.07) is 15.4. The molecular formula is C30H37N5O4. The van der Waals surface area contributed by atoms with Crippen LogP contribution in [0, 0.1) is 12.8 Å². The van der Waals surface area contributed by atoms with Crippen LogP contribution in [0.1, 0.15) is 39.7 Å². The zero-order valence-electron chi connectivity index (χ0n) is 23.2. The molecule has 1 amide bonds. The van der Waals surface area contributed by atoms with Gasteiger partial charge < -0.3 is 29.8 Å². The highest BCUT2D eigenvalue weighted by Crippen LogP contribution is 2.31. The number of ether oxygens (including phenoxy) is 2. The third kappa shape index (κ3) is 7.94. The van der Waals surface area contributed by atoms with Crippen molar-refractivity contribution in [3.05, 3.63) is 66.6 Å². The third-order valence-electron chi connectivity index (χ3n) is 5.87. The average molecular weight is 532 g/mol. The summed E-state index contributed by atoms with van der Waals surface area (Å²) in [7, 11) is 0. The van der Waals surface area contributed by atoms with Gasteiger partial charge in [-0.15, -0.1) is 0 Å². The van der Waals surface area contributed by atoms with Crippen LogP contribution in [0.15, 0.2) is 61.1 Å². The Morgan fingerprint density at radius 1 is 1.10 bits per heavy atom. The Kier molecular flexibility index (Phi) is 8.71. The largest absolute Gasteiger partial charge is 0.493 e. The second-order valence-corrected chi connectivity index (χ2v) is 10.7. The van der Waals surface area contributed by atoms with E-state index in [1.807, 2.05) is 66.2 Å². The predicted molar refractivity (Wildman–Crippen MR) is 153 cm³/mol. The fourth-order valence-electron chi connectivity index (χ4n) is 4.08. The highest BCUT2D eigenvalue weighted by atomic mass is 16.5. The molecule has 0 bridgehead atoms. The molecule has 3 N–H and O–H groups in total. The first-order chi connectivity index (χ1) is 18.6. The highest BCUT2D eigenvalue weighted by Gasteiger charge is 2.18. The molecule has 4 aromatic rings. The topological polar surface area (TPSA) is 111 Å². The molecule has 9 heteroatoms. The first-order valence-corrected chi connectivity index (χ1v) is 13.1. The van der Waals surface area contributed by atoms with Gasteiger partial charge in [0.1, 0.15) is 29.1 Å². The summed E-state index contributed by atoms with van der Waals surface area (Å²) in [5.41, 5.74) is 2.42. The molecular weight excluding hydrogens is 494 g/mol. The fraction of sp³-hybridized carbons (Fsp3) is 0.367. The first-order valence-electron chi connectivity index (χ1n) is 13.1. The smallest absolute Gasteiger partial charge is 0.222 e. The number of aryl methyl sites for hydroxylation is 1. The summed E-state index contributed by atoms with van der Waals surface area (Å²) >= 11 is 0. The number of amides is 1. The van der Waals surface area contributed by atoms with Crippen molar-refractivity contribution in [2.45, 2.75) is 53.2 Å². The summed E-state index contributed by atoms with van der Waals surface area (Å²) in [6.45, 7) is 11.1. The Morgan fingerprint density at radius 2 is 1.90 bits per heavy atom. The van der Waals surface area contributed by atoms with Gasteiger partial charge >= 0.3 is 0 Å². The average Bonchev–Trinajstić information content (AvgIpc) is 3.28. The Labute approximate surface area is 229 Å². The number of fused-ring (bicyclic) bond motifs is 1. The Balaban J connectivity index is 1.44. The zero-order chi connectivity index (χ0) is 28.0. The van der Waals surface area contributed by atoms with E-state index in [2.05, 4.69) is 34.4 Å².